The summed E-state index contributed by atoms with van der Waals surface area (Å²) in [6, 6.07) is 8.10. The molecule has 0 aliphatic carbocycles. The maximum atomic E-state index is 5.48. The zero-order valence-corrected chi connectivity index (χ0v) is 8.67. The lowest BCUT2D eigenvalue weighted by molar-refractivity contribution is 0.587. The van der Waals surface area contributed by atoms with Crippen molar-refractivity contribution < 1.29 is 4.42 Å². The van der Waals surface area contributed by atoms with Crippen LogP contribution in [0.3, 0.4) is 0 Å². The molecule has 0 unspecified atom stereocenters. The molecule has 13 heavy (non-hydrogen) atoms. The summed E-state index contributed by atoms with van der Waals surface area (Å²) in [6.07, 6.45) is 0.915. The number of halogens is 1. The van der Waals surface area contributed by atoms with E-state index in [2.05, 4.69) is 22.0 Å². The maximum absolute atomic E-state index is 5.48. The predicted octanol–water partition coefficient (Wildman–Crippen LogP) is 2.70. The van der Waals surface area contributed by atoms with Crippen LogP contribution in [0.2, 0.25) is 0 Å². The third-order valence-electron chi connectivity index (χ3n) is 1.98. The van der Waals surface area contributed by atoms with Crippen LogP contribution in [0.25, 0.3) is 11.0 Å². The van der Waals surface area contributed by atoms with Crippen LogP contribution in [0.15, 0.2) is 33.4 Å². The SMILES string of the molecule is NCCc1ccc2oc(Br)cc2c1. The second-order valence-corrected chi connectivity index (χ2v) is 3.74. The number of fused-ring (bicyclic) bond motifs is 1. The largest absolute Gasteiger partial charge is 0.449 e. The predicted molar refractivity (Wildman–Crippen MR) is 56.7 cm³/mol. The van der Waals surface area contributed by atoms with Gasteiger partial charge in [-0.05, 0) is 52.7 Å². The number of furan rings is 1. The van der Waals surface area contributed by atoms with Crippen LogP contribution in [0, 0.1) is 0 Å². The van der Waals surface area contributed by atoms with Crippen molar-refractivity contribution in [1.82, 2.24) is 0 Å². The van der Waals surface area contributed by atoms with Crippen LogP contribution >= 0.6 is 15.9 Å². The molecule has 1 heterocycles. The molecule has 0 aliphatic heterocycles. The molecule has 3 heteroatoms. The average Bonchev–Trinajstić information content (AvgIpc) is 2.44. The summed E-state index contributed by atoms with van der Waals surface area (Å²) in [5.74, 6) is 0. The summed E-state index contributed by atoms with van der Waals surface area (Å²) in [5, 5.41) is 1.12. The molecule has 0 saturated carbocycles. The minimum atomic E-state index is 0.685. The molecule has 0 fully saturated rings. The van der Waals surface area contributed by atoms with Gasteiger partial charge in [0.25, 0.3) is 0 Å². The number of hydrogen-bond acceptors (Lipinski definition) is 2. The van der Waals surface area contributed by atoms with Crippen molar-refractivity contribution in [3.63, 3.8) is 0 Å². The zero-order valence-electron chi connectivity index (χ0n) is 7.09. The van der Waals surface area contributed by atoms with Gasteiger partial charge in [-0.25, -0.2) is 0 Å². The van der Waals surface area contributed by atoms with Gasteiger partial charge in [0.15, 0.2) is 4.67 Å². The Morgan fingerprint density at radius 3 is 2.92 bits per heavy atom. The molecule has 68 valence electrons. The molecule has 0 saturated heterocycles. The van der Waals surface area contributed by atoms with Crippen LogP contribution in [0.4, 0.5) is 0 Å². The molecule has 0 aliphatic rings. The first-order chi connectivity index (χ1) is 6.29. The molecule has 0 radical (unpaired) electrons. The lowest BCUT2D eigenvalue weighted by Crippen LogP contribution is -2.02. The Kier molecular flexibility index (Phi) is 2.38. The molecular formula is C10H10BrNO. The van der Waals surface area contributed by atoms with E-state index in [9.17, 15) is 0 Å². The summed E-state index contributed by atoms with van der Waals surface area (Å²) >= 11 is 3.30. The Morgan fingerprint density at radius 2 is 2.15 bits per heavy atom. The van der Waals surface area contributed by atoms with Crippen LogP contribution in [0.1, 0.15) is 5.56 Å². The molecular weight excluding hydrogens is 230 g/mol. The minimum Gasteiger partial charge on any atom is -0.449 e. The van der Waals surface area contributed by atoms with Crippen molar-refractivity contribution >= 4 is 26.9 Å². The van der Waals surface area contributed by atoms with E-state index in [1.54, 1.807) is 0 Å². The van der Waals surface area contributed by atoms with Crippen molar-refractivity contribution in [3.05, 3.63) is 34.5 Å². The van der Waals surface area contributed by atoms with Crippen molar-refractivity contribution in [1.29, 1.82) is 0 Å². The highest BCUT2D eigenvalue weighted by Gasteiger charge is 2.01. The highest BCUT2D eigenvalue weighted by molar-refractivity contribution is 9.10. The van der Waals surface area contributed by atoms with Crippen molar-refractivity contribution in [2.45, 2.75) is 6.42 Å². The molecule has 0 bridgehead atoms. The first-order valence-electron chi connectivity index (χ1n) is 4.17. The van der Waals surface area contributed by atoms with Crippen LogP contribution < -0.4 is 5.73 Å². The van der Waals surface area contributed by atoms with E-state index in [1.165, 1.54) is 5.56 Å². The molecule has 1 aromatic heterocycles. The van der Waals surface area contributed by atoms with E-state index >= 15 is 0 Å². The van der Waals surface area contributed by atoms with Gasteiger partial charge in [-0.1, -0.05) is 6.07 Å². The lowest BCUT2D eigenvalue weighted by Gasteiger charge is -1.96. The Balaban J connectivity index is 2.48. The van der Waals surface area contributed by atoms with Crippen molar-refractivity contribution in [3.8, 4) is 0 Å². The molecule has 2 nitrogen and oxygen atoms in total. The van der Waals surface area contributed by atoms with E-state index in [1.807, 2.05) is 18.2 Å². The highest BCUT2D eigenvalue weighted by atomic mass is 79.9. The van der Waals surface area contributed by atoms with Gasteiger partial charge >= 0.3 is 0 Å². The third-order valence-corrected chi connectivity index (χ3v) is 2.37. The van der Waals surface area contributed by atoms with Gasteiger partial charge in [0.2, 0.25) is 0 Å². The monoisotopic (exact) mass is 239 g/mol. The second-order valence-electron chi connectivity index (χ2n) is 2.96. The first kappa shape index (κ1) is 8.78. The minimum absolute atomic E-state index is 0.685. The van der Waals surface area contributed by atoms with Crippen LogP contribution in [-0.2, 0) is 6.42 Å². The normalized spacial score (nSPS) is 10.9. The van der Waals surface area contributed by atoms with Gasteiger partial charge < -0.3 is 10.2 Å². The van der Waals surface area contributed by atoms with Gasteiger partial charge in [-0.3, -0.25) is 0 Å². The second kappa shape index (κ2) is 3.52. The summed E-state index contributed by atoms with van der Waals surface area (Å²) in [5.41, 5.74) is 7.64. The molecule has 2 aromatic rings. The van der Waals surface area contributed by atoms with Crippen molar-refractivity contribution in [2.75, 3.05) is 6.54 Å². The topological polar surface area (TPSA) is 39.2 Å². The number of benzene rings is 1. The fourth-order valence-electron chi connectivity index (χ4n) is 1.38. The Morgan fingerprint density at radius 1 is 1.31 bits per heavy atom. The molecule has 2 N–H and O–H groups in total. The lowest BCUT2D eigenvalue weighted by atomic mass is 10.1. The zero-order chi connectivity index (χ0) is 9.26. The van der Waals surface area contributed by atoms with E-state index in [-0.39, 0.29) is 0 Å². The quantitative estimate of drug-likeness (QED) is 0.876. The third kappa shape index (κ3) is 1.76. The summed E-state index contributed by atoms with van der Waals surface area (Å²) in [6.45, 7) is 0.685. The fraction of sp³-hybridized carbons (Fsp3) is 0.200. The van der Waals surface area contributed by atoms with Gasteiger partial charge in [0, 0.05) is 5.39 Å². The number of hydrogen-bond donors (Lipinski definition) is 1. The van der Waals surface area contributed by atoms with E-state index in [0.717, 1.165) is 22.1 Å². The summed E-state index contributed by atoms with van der Waals surface area (Å²) < 4.78 is 6.16. The smallest absolute Gasteiger partial charge is 0.170 e. The average molecular weight is 240 g/mol. The molecule has 0 spiro atoms. The Bertz CT molecular complexity index is 422. The summed E-state index contributed by atoms with van der Waals surface area (Å²) in [4.78, 5) is 0. The van der Waals surface area contributed by atoms with Gasteiger partial charge in [0.05, 0.1) is 0 Å². The maximum Gasteiger partial charge on any atom is 0.170 e. The summed E-state index contributed by atoms with van der Waals surface area (Å²) in [7, 11) is 0. The van der Waals surface area contributed by atoms with Gasteiger partial charge in [-0.2, -0.15) is 0 Å². The van der Waals surface area contributed by atoms with Crippen molar-refractivity contribution in [2.24, 2.45) is 5.73 Å². The van der Waals surface area contributed by atoms with Gasteiger partial charge in [0.1, 0.15) is 5.58 Å². The van der Waals surface area contributed by atoms with E-state index in [4.69, 9.17) is 10.2 Å². The Hall–Kier alpha value is -0.800. The Labute approximate surface area is 84.8 Å². The van der Waals surface area contributed by atoms with Crippen LogP contribution in [0.5, 0.6) is 0 Å². The number of nitrogens with two attached hydrogens (primary N) is 1. The molecule has 0 atom stereocenters. The molecule has 1 aromatic carbocycles. The van der Waals surface area contributed by atoms with Crippen LogP contribution in [-0.4, -0.2) is 6.54 Å². The standard InChI is InChI=1S/C10H10BrNO/c11-10-6-8-5-7(3-4-12)1-2-9(8)13-10/h1-2,5-6H,3-4,12H2. The molecule has 0 amide bonds. The van der Waals surface area contributed by atoms with Gasteiger partial charge in [-0.15, -0.1) is 0 Å². The highest BCUT2D eigenvalue weighted by Crippen LogP contribution is 2.24. The fourth-order valence-corrected chi connectivity index (χ4v) is 1.80. The first-order valence-corrected chi connectivity index (χ1v) is 4.97. The molecule has 2 rings (SSSR count). The van der Waals surface area contributed by atoms with E-state index < -0.39 is 0 Å². The number of rotatable bonds is 2. The van der Waals surface area contributed by atoms with E-state index in [0.29, 0.717) is 6.54 Å².